The van der Waals surface area contributed by atoms with E-state index in [2.05, 4.69) is 4.98 Å². The molecule has 0 aliphatic carbocycles. The average Bonchev–Trinajstić information content (AvgIpc) is 2.47. The maximum Gasteiger partial charge on any atom is 0.339 e. The van der Waals surface area contributed by atoms with E-state index in [0.29, 0.717) is 23.4 Å². The maximum absolute atomic E-state index is 13.8. The number of aryl methyl sites for hydroxylation is 1. The van der Waals surface area contributed by atoms with E-state index >= 15 is 0 Å². The van der Waals surface area contributed by atoms with Gasteiger partial charge in [0.05, 0.1) is 23.6 Å². The van der Waals surface area contributed by atoms with Crippen LogP contribution in [0.1, 0.15) is 29.9 Å². The fourth-order valence-electron chi connectivity index (χ4n) is 2.01. The molecule has 0 saturated heterocycles. The van der Waals surface area contributed by atoms with Crippen LogP contribution in [0.5, 0.6) is 0 Å². The molecular weight excluding hydrogens is 276 g/mol. The minimum atomic E-state index is -0.687. The number of benzene rings is 1. The van der Waals surface area contributed by atoms with Gasteiger partial charge < -0.3 is 4.74 Å². The average molecular weight is 291 g/mol. The summed E-state index contributed by atoms with van der Waals surface area (Å²) in [6.07, 6.45) is 0.505. The highest BCUT2D eigenvalue weighted by Crippen LogP contribution is 2.23. The molecule has 0 atom stereocenters. The lowest BCUT2D eigenvalue weighted by Gasteiger charge is -2.09. The second-order valence-electron chi connectivity index (χ2n) is 4.39. The van der Waals surface area contributed by atoms with Crippen molar-refractivity contribution in [3.63, 3.8) is 0 Å². The SMILES string of the molecule is CCOC(=O)c1ccc(-c2ccc(F)cc2F)nc1CC. The largest absolute Gasteiger partial charge is 0.462 e. The fraction of sp³-hybridized carbons (Fsp3) is 0.250. The van der Waals surface area contributed by atoms with Crippen LogP contribution in [0.25, 0.3) is 11.3 Å². The summed E-state index contributed by atoms with van der Waals surface area (Å²) in [4.78, 5) is 16.1. The van der Waals surface area contributed by atoms with E-state index in [1.807, 2.05) is 6.92 Å². The van der Waals surface area contributed by atoms with Gasteiger partial charge in [-0.25, -0.2) is 13.6 Å². The van der Waals surface area contributed by atoms with E-state index in [1.54, 1.807) is 13.0 Å². The van der Waals surface area contributed by atoms with Crippen molar-refractivity contribution in [1.29, 1.82) is 0 Å². The van der Waals surface area contributed by atoms with Crippen LogP contribution in [0.15, 0.2) is 30.3 Å². The number of carbonyl (C=O) groups is 1. The molecule has 0 amide bonds. The molecule has 2 rings (SSSR count). The van der Waals surface area contributed by atoms with Gasteiger partial charge in [-0.2, -0.15) is 0 Å². The molecule has 2 aromatic rings. The number of pyridine rings is 1. The zero-order chi connectivity index (χ0) is 15.4. The minimum absolute atomic E-state index is 0.196. The van der Waals surface area contributed by atoms with Gasteiger partial charge in [0.1, 0.15) is 11.6 Å². The molecule has 1 aromatic carbocycles. The Labute approximate surface area is 121 Å². The lowest BCUT2D eigenvalue weighted by atomic mass is 10.1. The van der Waals surface area contributed by atoms with E-state index < -0.39 is 17.6 Å². The van der Waals surface area contributed by atoms with Gasteiger partial charge in [0.25, 0.3) is 0 Å². The van der Waals surface area contributed by atoms with Crippen molar-refractivity contribution in [2.75, 3.05) is 6.61 Å². The van der Waals surface area contributed by atoms with Gasteiger partial charge in [-0.05, 0) is 37.6 Å². The number of aromatic nitrogens is 1. The molecule has 110 valence electrons. The van der Waals surface area contributed by atoms with Gasteiger partial charge in [0, 0.05) is 11.6 Å². The van der Waals surface area contributed by atoms with Crippen LogP contribution in [-0.2, 0) is 11.2 Å². The Morgan fingerprint density at radius 1 is 1.19 bits per heavy atom. The highest BCUT2D eigenvalue weighted by atomic mass is 19.1. The zero-order valence-corrected chi connectivity index (χ0v) is 11.8. The summed E-state index contributed by atoms with van der Waals surface area (Å²) in [5.74, 6) is -1.78. The predicted molar refractivity (Wildman–Crippen MR) is 74.9 cm³/mol. The number of hydrogen-bond acceptors (Lipinski definition) is 3. The lowest BCUT2D eigenvalue weighted by Crippen LogP contribution is -2.09. The van der Waals surface area contributed by atoms with Crippen molar-refractivity contribution in [2.24, 2.45) is 0 Å². The third-order valence-electron chi connectivity index (χ3n) is 3.01. The summed E-state index contributed by atoms with van der Waals surface area (Å²) in [7, 11) is 0. The zero-order valence-electron chi connectivity index (χ0n) is 11.8. The molecule has 5 heteroatoms. The molecule has 1 heterocycles. The van der Waals surface area contributed by atoms with E-state index in [1.165, 1.54) is 18.2 Å². The first-order valence-electron chi connectivity index (χ1n) is 6.69. The normalized spacial score (nSPS) is 10.5. The summed E-state index contributed by atoms with van der Waals surface area (Å²) >= 11 is 0. The van der Waals surface area contributed by atoms with Crippen molar-refractivity contribution in [2.45, 2.75) is 20.3 Å². The summed E-state index contributed by atoms with van der Waals surface area (Å²) in [5, 5.41) is 0. The molecule has 0 saturated carbocycles. The first-order chi connectivity index (χ1) is 10.1. The highest BCUT2D eigenvalue weighted by Gasteiger charge is 2.15. The van der Waals surface area contributed by atoms with Gasteiger partial charge in [0.15, 0.2) is 0 Å². The monoisotopic (exact) mass is 291 g/mol. The molecule has 0 unspecified atom stereocenters. The molecule has 0 N–H and O–H groups in total. The summed E-state index contributed by atoms with van der Waals surface area (Å²) in [5.41, 5.74) is 1.44. The third-order valence-corrected chi connectivity index (χ3v) is 3.01. The van der Waals surface area contributed by atoms with Gasteiger partial charge in [0.2, 0.25) is 0 Å². The van der Waals surface area contributed by atoms with Crippen molar-refractivity contribution in [1.82, 2.24) is 4.98 Å². The maximum atomic E-state index is 13.8. The second kappa shape index (κ2) is 6.43. The standard InChI is InChI=1S/C16H15F2NO2/c1-3-14-12(16(20)21-4-2)7-8-15(19-14)11-6-5-10(17)9-13(11)18/h5-9H,3-4H2,1-2H3. The number of ether oxygens (including phenoxy) is 1. The van der Waals surface area contributed by atoms with E-state index in [9.17, 15) is 13.6 Å². The van der Waals surface area contributed by atoms with Crippen LogP contribution in [-0.4, -0.2) is 17.6 Å². The number of halogens is 2. The van der Waals surface area contributed by atoms with Crippen molar-refractivity contribution in [3.05, 3.63) is 53.2 Å². The van der Waals surface area contributed by atoms with Gasteiger partial charge >= 0.3 is 5.97 Å². The Kier molecular flexibility index (Phi) is 4.62. The van der Waals surface area contributed by atoms with Crippen LogP contribution in [0.3, 0.4) is 0 Å². The van der Waals surface area contributed by atoms with Crippen LogP contribution in [0, 0.1) is 11.6 Å². The summed E-state index contributed by atoms with van der Waals surface area (Å²) in [6, 6.07) is 6.40. The Bertz CT molecular complexity index is 671. The molecular formula is C16H15F2NO2. The molecule has 0 spiro atoms. The molecule has 21 heavy (non-hydrogen) atoms. The molecule has 0 fully saturated rings. The number of esters is 1. The van der Waals surface area contributed by atoms with Crippen LogP contribution < -0.4 is 0 Å². The van der Waals surface area contributed by atoms with E-state index in [0.717, 1.165) is 6.07 Å². The van der Waals surface area contributed by atoms with Gasteiger partial charge in [-0.1, -0.05) is 6.92 Å². The summed E-state index contributed by atoms with van der Waals surface area (Å²) in [6.45, 7) is 3.84. The Balaban J connectivity index is 2.45. The molecule has 0 aliphatic rings. The number of nitrogens with zero attached hydrogens (tertiary/aromatic N) is 1. The molecule has 0 radical (unpaired) electrons. The number of carbonyl (C=O) groups excluding carboxylic acids is 1. The molecule has 3 nitrogen and oxygen atoms in total. The van der Waals surface area contributed by atoms with Gasteiger partial charge in [-0.3, -0.25) is 4.98 Å². The Hall–Kier alpha value is -2.30. The van der Waals surface area contributed by atoms with Crippen LogP contribution in [0.2, 0.25) is 0 Å². The Morgan fingerprint density at radius 2 is 1.95 bits per heavy atom. The highest BCUT2D eigenvalue weighted by molar-refractivity contribution is 5.91. The van der Waals surface area contributed by atoms with Crippen molar-refractivity contribution >= 4 is 5.97 Å². The van der Waals surface area contributed by atoms with Gasteiger partial charge in [-0.15, -0.1) is 0 Å². The molecule has 1 aromatic heterocycles. The lowest BCUT2D eigenvalue weighted by molar-refractivity contribution is 0.0524. The van der Waals surface area contributed by atoms with E-state index in [4.69, 9.17) is 4.74 Å². The van der Waals surface area contributed by atoms with Crippen LogP contribution >= 0.6 is 0 Å². The minimum Gasteiger partial charge on any atom is -0.462 e. The summed E-state index contributed by atoms with van der Waals surface area (Å²) < 4.78 is 31.7. The first kappa shape index (κ1) is 15.1. The predicted octanol–water partition coefficient (Wildman–Crippen LogP) is 3.77. The van der Waals surface area contributed by atoms with Crippen LogP contribution in [0.4, 0.5) is 8.78 Å². The third kappa shape index (κ3) is 3.24. The fourth-order valence-corrected chi connectivity index (χ4v) is 2.01. The number of rotatable bonds is 4. The number of hydrogen-bond donors (Lipinski definition) is 0. The quantitative estimate of drug-likeness (QED) is 0.805. The smallest absolute Gasteiger partial charge is 0.339 e. The topological polar surface area (TPSA) is 39.2 Å². The van der Waals surface area contributed by atoms with E-state index in [-0.39, 0.29) is 12.2 Å². The van der Waals surface area contributed by atoms with Crippen molar-refractivity contribution < 1.29 is 18.3 Å². The first-order valence-corrected chi connectivity index (χ1v) is 6.69. The van der Waals surface area contributed by atoms with Crippen molar-refractivity contribution in [3.8, 4) is 11.3 Å². The Morgan fingerprint density at radius 3 is 2.57 bits per heavy atom. The molecule has 0 bridgehead atoms. The molecule has 0 aliphatic heterocycles. The second-order valence-corrected chi connectivity index (χ2v) is 4.39.